The largest absolute Gasteiger partial charge is 0.350 e. The molecule has 0 saturated carbocycles. The summed E-state index contributed by atoms with van der Waals surface area (Å²) in [6.07, 6.45) is 3.59. The number of nitrogens with one attached hydrogen (secondary N) is 3. The molecule has 0 fully saturated rings. The Morgan fingerprint density at radius 1 is 1.20 bits per heavy atom. The summed E-state index contributed by atoms with van der Waals surface area (Å²) in [6, 6.07) is 3.59. The molecular weight excluding hydrogens is 194 g/mol. The van der Waals surface area contributed by atoms with Gasteiger partial charge in [-0.15, -0.1) is 0 Å². The molecule has 0 aliphatic heterocycles. The molecule has 3 N–H and O–H groups in total. The first-order valence-electron chi connectivity index (χ1n) is 4.58. The van der Waals surface area contributed by atoms with E-state index in [1.54, 1.807) is 18.5 Å². The summed E-state index contributed by atoms with van der Waals surface area (Å²) in [5.74, 6) is -0.0474. The highest BCUT2D eigenvalue weighted by Gasteiger charge is 2.04. The van der Waals surface area contributed by atoms with Crippen LogP contribution in [0.2, 0.25) is 0 Å². The van der Waals surface area contributed by atoms with E-state index in [9.17, 15) is 4.79 Å². The zero-order chi connectivity index (χ0) is 10.5. The maximum atomic E-state index is 11.4. The molecular formula is C9H11N5O. The summed E-state index contributed by atoms with van der Waals surface area (Å²) in [4.78, 5) is 11.4. The van der Waals surface area contributed by atoms with E-state index in [-0.39, 0.29) is 5.91 Å². The number of carbonyl (C=O) groups excluding carboxylic acids is 1. The lowest BCUT2D eigenvalue weighted by Crippen LogP contribution is -2.24. The van der Waals surface area contributed by atoms with E-state index in [2.05, 4.69) is 25.7 Å². The van der Waals surface area contributed by atoms with Crippen LogP contribution in [0.3, 0.4) is 0 Å². The predicted molar refractivity (Wildman–Crippen MR) is 52.7 cm³/mol. The third kappa shape index (κ3) is 2.67. The van der Waals surface area contributed by atoms with E-state index in [0.29, 0.717) is 13.0 Å². The highest BCUT2D eigenvalue weighted by atomic mass is 16.1. The molecule has 0 aliphatic rings. The highest BCUT2D eigenvalue weighted by Crippen LogP contribution is 1.94. The molecule has 6 heteroatoms. The van der Waals surface area contributed by atoms with Gasteiger partial charge in [-0.2, -0.15) is 10.2 Å². The standard InChI is InChI=1S/C9H11N5O/c15-9(5-7-1-3-11-13-7)10-6-8-2-4-12-14-8/h1-4H,5-6H2,(H,10,15)(H,11,13)(H,12,14). The lowest BCUT2D eigenvalue weighted by molar-refractivity contribution is -0.120. The fourth-order valence-electron chi connectivity index (χ4n) is 1.20. The van der Waals surface area contributed by atoms with Crippen molar-refractivity contribution in [1.29, 1.82) is 0 Å². The Hall–Kier alpha value is -2.11. The molecule has 2 aromatic heterocycles. The number of aromatic nitrogens is 4. The third-order valence-corrected chi connectivity index (χ3v) is 1.94. The van der Waals surface area contributed by atoms with E-state index in [0.717, 1.165) is 11.4 Å². The number of amides is 1. The van der Waals surface area contributed by atoms with Gasteiger partial charge in [0.1, 0.15) is 0 Å². The molecule has 0 atom stereocenters. The van der Waals surface area contributed by atoms with Gasteiger partial charge in [0.25, 0.3) is 0 Å². The summed E-state index contributed by atoms with van der Waals surface area (Å²) in [5, 5.41) is 15.8. The van der Waals surface area contributed by atoms with E-state index < -0.39 is 0 Å². The second-order valence-corrected chi connectivity index (χ2v) is 3.12. The second kappa shape index (κ2) is 4.41. The lowest BCUT2D eigenvalue weighted by Gasteiger charge is -2.01. The summed E-state index contributed by atoms with van der Waals surface area (Å²) < 4.78 is 0. The minimum Gasteiger partial charge on any atom is -0.350 e. The first kappa shape index (κ1) is 9.45. The smallest absolute Gasteiger partial charge is 0.226 e. The monoisotopic (exact) mass is 205 g/mol. The van der Waals surface area contributed by atoms with Crippen molar-refractivity contribution < 1.29 is 4.79 Å². The van der Waals surface area contributed by atoms with Crippen molar-refractivity contribution in [3.8, 4) is 0 Å². The van der Waals surface area contributed by atoms with Crippen LogP contribution in [-0.2, 0) is 17.8 Å². The van der Waals surface area contributed by atoms with E-state index in [4.69, 9.17) is 0 Å². The Bertz CT molecular complexity index is 406. The number of hydrogen-bond donors (Lipinski definition) is 3. The summed E-state index contributed by atoms with van der Waals surface area (Å²) >= 11 is 0. The zero-order valence-corrected chi connectivity index (χ0v) is 8.03. The number of carbonyl (C=O) groups is 1. The second-order valence-electron chi connectivity index (χ2n) is 3.12. The molecule has 0 spiro atoms. The zero-order valence-electron chi connectivity index (χ0n) is 8.03. The third-order valence-electron chi connectivity index (χ3n) is 1.94. The van der Waals surface area contributed by atoms with Crippen molar-refractivity contribution in [1.82, 2.24) is 25.7 Å². The summed E-state index contributed by atoms with van der Waals surface area (Å²) in [7, 11) is 0. The number of nitrogens with zero attached hydrogens (tertiary/aromatic N) is 2. The molecule has 0 bridgehead atoms. The van der Waals surface area contributed by atoms with Gasteiger partial charge in [0.05, 0.1) is 18.7 Å². The Morgan fingerprint density at radius 2 is 1.87 bits per heavy atom. The first-order valence-corrected chi connectivity index (χ1v) is 4.58. The predicted octanol–water partition coefficient (Wildman–Crippen LogP) is -0.00830. The van der Waals surface area contributed by atoms with Crippen LogP contribution in [0.15, 0.2) is 24.5 Å². The average molecular weight is 205 g/mol. The molecule has 0 aromatic carbocycles. The van der Waals surface area contributed by atoms with Crippen LogP contribution < -0.4 is 5.32 Å². The van der Waals surface area contributed by atoms with Gasteiger partial charge in [-0.05, 0) is 12.1 Å². The van der Waals surface area contributed by atoms with Crippen molar-refractivity contribution in [3.63, 3.8) is 0 Å². The van der Waals surface area contributed by atoms with Crippen LogP contribution >= 0.6 is 0 Å². The Labute approximate surface area is 86.1 Å². The minimum absolute atomic E-state index is 0.0474. The van der Waals surface area contributed by atoms with E-state index in [1.165, 1.54) is 0 Å². The quantitative estimate of drug-likeness (QED) is 0.656. The van der Waals surface area contributed by atoms with Crippen LogP contribution in [0.4, 0.5) is 0 Å². The summed E-state index contributed by atoms with van der Waals surface area (Å²) in [5.41, 5.74) is 1.69. The van der Waals surface area contributed by atoms with Gasteiger partial charge in [0, 0.05) is 18.1 Å². The normalized spacial score (nSPS) is 10.1. The summed E-state index contributed by atoms with van der Waals surface area (Å²) in [6.45, 7) is 0.465. The van der Waals surface area contributed by atoms with Gasteiger partial charge >= 0.3 is 0 Å². The van der Waals surface area contributed by atoms with Crippen molar-refractivity contribution in [2.75, 3.05) is 0 Å². The molecule has 0 saturated heterocycles. The number of H-pyrrole nitrogens is 2. The van der Waals surface area contributed by atoms with Crippen molar-refractivity contribution in [2.24, 2.45) is 0 Å². The van der Waals surface area contributed by atoms with Gasteiger partial charge < -0.3 is 5.32 Å². The molecule has 6 nitrogen and oxygen atoms in total. The topological polar surface area (TPSA) is 86.5 Å². The van der Waals surface area contributed by atoms with E-state index in [1.807, 2.05) is 6.07 Å². The van der Waals surface area contributed by atoms with Gasteiger partial charge in [-0.25, -0.2) is 0 Å². The van der Waals surface area contributed by atoms with Crippen molar-refractivity contribution >= 4 is 5.91 Å². The van der Waals surface area contributed by atoms with Crippen LogP contribution in [0.5, 0.6) is 0 Å². The number of rotatable bonds is 4. The van der Waals surface area contributed by atoms with E-state index >= 15 is 0 Å². The molecule has 2 aromatic rings. The van der Waals surface area contributed by atoms with Crippen LogP contribution in [-0.4, -0.2) is 26.3 Å². The fraction of sp³-hybridized carbons (Fsp3) is 0.222. The van der Waals surface area contributed by atoms with Crippen LogP contribution in [0, 0.1) is 0 Å². The highest BCUT2D eigenvalue weighted by molar-refractivity contribution is 5.77. The van der Waals surface area contributed by atoms with Gasteiger partial charge in [-0.1, -0.05) is 0 Å². The van der Waals surface area contributed by atoms with Crippen LogP contribution in [0.1, 0.15) is 11.4 Å². The minimum atomic E-state index is -0.0474. The maximum absolute atomic E-state index is 11.4. The molecule has 0 unspecified atom stereocenters. The maximum Gasteiger partial charge on any atom is 0.226 e. The molecule has 1 amide bonds. The molecule has 2 heterocycles. The SMILES string of the molecule is O=C(Cc1ccn[nH]1)NCc1ccn[nH]1. The average Bonchev–Trinajstić information content (AvgIpc) is 2.86. The molecule has 2 rings (SSSR count). The van der Waals surface area contributed by atoms with Crippen molar-refractivity contribution in [2.45, 2.75) is 13.0 Å². The van der Waals surface area contributed by atoms with Crippen LogP contribution in [0.25, 0.3) is 0 Å². The number of aromatic amines is 2. The Morgan fingerprint density at radius 3 is 2.47 bits per heavy atom. The fourth-order valence-corrected chi connectivity index (χ4v) is 1.20. The van der Waals surface area contributed by atoms with Crippen molar-refractivity contribution in [3.05, 3.63) is 35.9 Å². The molecule has 78 valence electrons. The molecule has 15 heavy (non-hydrogen) atoms. The van der Waals surface area contributed by atoms with Gasteiger partial charge in [0.15, 0.2) is 0 Å². The Balaban J connectivity index is 1.78. The first-order chi connectivity index (χ1) is 7.34. The van der Waals surface area contributed by atoms with Gasteiger partial charge in [0.2, 0.25) is 5.91 Å². The lowest BCUT2D eigenvalue weighted by atomic mass is 10.3. The number of hydrogen-bond acceptors (Lipinski definition) is 3. The Kier molecular flexibility index (Phi) is 2.77. The van der Waals surface area contributed by atoms with Gasteiger partial charge in [-0.3, -0.25) is 15.0 Å². The molecule has 0 radical (unpaired) electrons. The molecule has 0 aliphatic carbocycles.